The number of nitrogens with zero attached hydrogens (tertiary/aromatic N) is 7. The Labute approximate surface area is 533 Å². The van der Waals surface area contributed by atoms with Gasteiger partial charge in [0, 0.05) is 87.4 Å². The predicted molar refractivity (Wildman–Crippen MR) is 389 cm³/mol. The first-order chi connectivity index (χ1) is 46.0. The van der Waals surface area contributed by atoms with E-state index >= 15 is 0 Å². The lowest BCUT2D eigenvalue weighted by molar-refractivity contribution is 1.08. The summed E-state index contributed by atoms with van der Waals surface area (Å²) in [6, 6.07) is 112. The molecule has 0 unspecified atom stereocenters. The van der Waals surface area contributed by atoms with Gasteiger partial charge in [0.2, 0.25) is 0 Å². The van der Waals surface area contributed by atoms with Gasteiger partial charge in [0.25, 0.3) is 0 Å². The first-order valence-corrected chi connectivity index (χ1v) is 31.8. The Balaban J connectivity index is 0.957. The summed E-state index contributed by atoms with van der Waals surface area (Å²) in [6.45, 7) is 10.5. The van der Waals surface area contributed by atoms with Crippen LogP contribution in [0.15, 0.2) is 303 Å². The van der Waals surface area contributed by atoms with Gasteiger partial charge in [0.1, 0.15) is 0 Å². The second-order valence-corrected chi connectivity index (χ2v) is 24.8. The maximum atomic E-state index is 8.26. The zero-order chi connectivity index (χ0) is 61.2. The van der Waals surface area contributed by atoms with Gasteiger partial charge in [0.05, 0.1) is 84.1 Å². The van der Waals surface area contributed by atoms with E-state index in [2.05, 4.69) is 324 Å². The lowest BCUT2D eigenvalue weighted by Crippen LogP contribution is -2.06. The lowest BCUT2D eigenvalue weighted by atomic mass is 9.98. The zero-order valence-electron chi connectivity index (χ0n) is 50.5. The molecule has 0 amide bonds. The fourth-order valence-electron chi connectivity index (χ4n) is 16.0. The molecule has 0 aliphatic heterocycles. The van der Waals surface area contributed by atoms with Gasteiger partial charge in [-0.05, 0) is 139 Å². The zero-order valence-corrected chi connectivity index (χ0v) is 50.5. The number of aromatic nitrogens is 6. The summed E-state index contributed by atoms with van der Waals surface area (Å²) >= 11 is 0. The van der Waals surface area contributed by atoms with Crippen LogP contribution in [0.4, 0.5) is 5.69 Å². The molecular weight excluding hydrogens is 1130 g/mol. The summed E-state index contributed by atoms with van der Waals surface area (Å²) < 4.78 is 14.9. The molecule has 0 N–H and O–H groups in total. The number of fused-ring (bicyclic) bond motifs is 18. The van der Waals surface area contributed by atoms with Crippen molar-refractivity contribution in [2.75, 3.05) is 0 Å². The Morgan fingerprint density at radius 3 is 0.763 bits per heavy atom. The fraction of sp³-hybridized carbons (Fsp3) is 0.0116. The van der Waals surface area contributed by atoms with E-state index in [9.17, 15) is 0 Å². The number of aryl methyl sites for hydroxylation is 1. The van der Waals surface area contributed by atoms with Crippen molar-refractivity contribution in [2.45, 2.75) is 6.92 Å². The topological polar surface area (TPSA) is 33.9 Å². The Hall–Kier alpha value is -12.6. The van der Waals surface area contributed by atoms with E-state index in [1.54, 1.807) is 0 Å². The molecule has 0 bridgehead atoms. The van der Waals surface area contributed by atoms with Crippen molar-refractivity contribution in [1.29, 1.82) is 0 Å². The molecule has 0 spiro atoms. The molecule has 432 valence electrons. The number of hydrogen-bond acceptors (Lipinski definition) is 0. The Bertz CT molecular complexity index is 6100. The molecular formula is C86H53N7. The smallest absolute Gasteiger partial charge is 0.187 e. The summed E-state index contributed by atoms with van der Waals surface area (Å²) in [7, 11) is 0. The minimum absolute atomic E-state index is 0.596. The van der Waals surface area contributed by atoms with Crippen molar-refractivity contribution >= 4 is 137 Å². The molecule has 14 aromatic carbocycles. The molecule has 7 heteroatoms. The molecule has 7 nitrogen and oxygen atoms in total. The van der Waals surface area contributed by atoms with Crippen LogP contribution >= 0.6 is 0 Å². The maximum absolute atomic E-state index is 8.26. The second kappa shape index (κ2) is 19.4. The van der Waals surface area contributed by atoms with Crippen LogP contribution in [0.3, 0.4) is 0 Å². The van der Waals surface area contributed by atoms with Crippen molar-refractivity contribution < 1.29 is 0 Å². The van der Waals surface area contributed by atoms with Crippen molar-refractivity contribution in [3.63, 3.8) is 0 Å². The second-order valence-electron chi connectivity index (χ2n) is 24.8. The fourth-order valence-corrected chi connectivity index (χ4v) is 16.0. The monoisotopic (exact) mass is 1180 g/mol. The maximum Gasteiger partial charge on any atom is 0.187 e. The van der Waals surface area contributed by atoms with Crippen LogP contribution in [0.25, 0.3) is 181 Å². The van der Waals surface area contributed by atoms with Crippen LogP contribution in [0.5, 0.6) is 0 Å². The van der Waals surface area contributed by atoms with Crippen LogP contribution < -0.4 is 0 Å². The molecule has 6 aromatic heterocycles. The predicted octanol–water partition coefficient (Wildman–Crippen LogP) is 22.8. The Kier molecular flexibility index (Phi) is 10.7. The third kappa shape index (κ3) is 7.29. The summed E-state index contributed by atoms with van der Waals surface area (Å²) in [4.78, 5) is 3.99. The molecule has 0 saturated heterocycles. The molecule has 0 fully saturated rings. The molecule has 20 rings (SSSR count). The minimum Gasteiger partial charge on any atom is -0.309 e. The third-order valence-corrected chi connectivity index (χ3v) is 19.9. The standard InChI is InChI=1S/C86H53N7/c1-53-46-85(92-81-48-56(88-73-30-11-3-22-60(73)61-23-4-12-31-74(61)88)38-42-68(81)69-43-39-57(49-82(69)92)89-75-32-13-5-24-62(75)63-25-6-14-33-76(63)89)86(52-72(53)54-20-19-21-55(47-54)87-2)93-83-50-58(90-77-34-15-7-26-64(77)65-27-8-16-35-78(65)90)40-44-70(83)71-45-41-59(51-84(71)93)91-79-36-17-9-28-66(79)67-29-10-18-37-80(67)91/h3-52H,1H3. The molecule has 0 atom stereocenters. The Morgan fingerprint density at radius 1 is 0.226 bits per heavy atom. The van der Waals surface area contributed by atoms with E-state index in [0.717, 1.165) is 139 Å². The quantitative estimate of drug-likeness (QED) is 0.143. The van der Waals surface area contributed by atoms with Crippen molar-refractivity contribution in [3.8, 4) is 45.3 Å². The van der Waals surface area contributed by atoms with Gasteiger partial charge >= 0.3 is 0 Å². The van der Waals surface area contributed by atoms with Gasteiger partial charge in [-0.1, -0.05) is 188 Å². The number of benzene rings is 14. The van der Waals surface area contributed by atoms with Crippen LogP contribution in [0.1, 0.15) is 5.56 Å². The molecule has 6 heterocycles. The molecule has 0 saturated carbocycles. The first kappa shape index (κ1) is 51.3. The highest BCUT2D eigenvalue weighted by molar-refractivity contribution is 6.17. The van der Waals surface area contributed by atoms with Gasteiger partial charge in [-0.2, -0.15) is 0 Å². The highest BCUT2D eigenvalue weighted by atomic mass is 15.1. The SMILES string of the molecule is [C-]#[N+]c1cccc(-c2cc(-n3c4cc(-n5c6ccccc6c6ccccc65)ccc4c4ccc(-n5c6ccccc6c6ccccc65)cc43)c(-n3c4cc(-n5c6ccccc6c6ccccc65)ccc4c4ccc(-n5c6ccccc6c6ccccc65)cc43)cc2C)c1. The van der Waals surface area contributed by atoms with Crippen molar-refractivity contribution in [2.24, 2.45) is 0 Å². The van der Waals surface area contributed by atoms with E-state index in [1.165, 1.54) is 43.1 Å². The summed E-state index contributed by atoms with van der Waals surface area (Å²) in [5.74, 6) is 0. The molecule has 93 heavy (non-hydrogen) atoms. The first-order valence-electron chi connectivity index (χ1n) is 31.8. The largest absolute Gasteiger partial charge is 0.309 e. The van der Waals surface area contributed by atoms with Gasteiger partial charge in [-0.3, -0.25) is 0 Å². The minimum atomic E-state index is 0.596. The van der Waals surface area contributed by atoms with Gasteiger partial charge < -0.3 is 27.4 Å². The third-order valence-electron chi connectivity index (χ3n) is 19.9. The van der Waals surface area contributed by atoms with Crippen LogP contribution in [-0.4, -0.2) is 27.4 Å². The molecule has 20 aromatic rings. The highest BCUT2D eigenvalue weighted by Gasteiger charge is 2.26. The van der Waals surface area contributed by atoms with E-state index < -0.39 is 0 Å². The number of para-hydroxylation sites is 8. The average Bonchev–Trinajstić information content (AvgIpc) is 1.58. The van der Waals surface area contributed by atoms with E-state index in [1.807, 2.05) is 18.2 Å². The normalized spacial score (nSPS) is 12.1. The van der Waals surface area contributed by atoms with E-state index in [0.29, 0.717) is 5.69 Å². The average molecular weight is 1180 g/mol. The van der Waals surface area contributed by atoms with E-state index in [4.69, 9.17) is 6.57 Å². The summed E-state index contributed by atoms with van der Waals surface area (Å²) in [5, 5.41) is 14.3. The van der Waals surface area contributed by atoms with Crippen molar-refractivity contribution in [1.82, 2.24) is 27.4 Å². The number of rotatable bonds is 7. The van der Waals surface area contributed by atoms with Crippen LogP contribution in [0.2, 0.25) is 0 Å². The molecule has 0 aliphatic carbocycles. The van der Waals surface area contributed by atoms with Gasteiger partial charge in [-0.15, -0.1) is 0 Å². The van der Waals surface area contributed by atoms with Gasteiger partial charge in [-0.25, -0.2) is 4.85 Å². The molecule has 0 aliphatic rings. The van der Waals surface area contributed by atoms with E-state index in [-0.39, 0.29) is 0 Å². The summed E-state index contributed by atoms with van der Waals surface area (Å²) in [6.07, 6.45) is 0. The highest BCUT2D eigenvalue weighted by Crippen LogP contribution is 2.46. The van der Waals surface area contributed by atoms with Gasteiger partial charge in [0.15, 0.2) is 5.69 Å². The number of hydrogen-bond donors (Lipinski definition) is 0. The molecule has 0 radical (unpaired) electrons. The lowest BCUT2D eigenvalue weighted by Gasteiger charge is -2.21. The summed E-state index contributed by atoms with van der Waals surface area (Å²) in [5.41, 5.74) is 23.5. The van der Waals surface area contributed by atoms with Crippen molar-refractivity contribution in [3.05, 3.63) is 320 Å². The van der Waals surface area contributed by atoms with Crippen LogP contribution in [0, 0.1) is 13.5 Å². The van der Waals surface area contributed by atoms with Crippen LogP contribution in [-0.2, 0) is 0 Å². The Morgan fingerprint density at radius 2 is 0.484 bits per heavy atom.